The first-order valence-electron chi connectivity index (χ1n) is 6.99. The van der Waals surface area contributed by atoms with Gasteiger partial charge in [0.15, 0.2) is 0 Å². The lowest BCUT2D eigenvalue weighted by Gasteiger charge is -2.23. The molecule has 0 atom stereocenters. The van der Waals surface area contributed by atoms with Crippen LogP contribution in [-0.4, -0.2) is 11.5 Å². The molecule has 0 aliphatic carbocycles. The highest BCUT2D eigenvalue weighted by Crippen LogP contribution is 2.32. The summed E-state index contributed by atoms with van der Waals surface area (Å²) >= 11 is 0. The number of rotatable bonds is 2. The molecule has 0 bridgehead atoms. The number of benzene rings is 1. The van der Waals surface area contributed by atoms with Crippen LogP contribution in [0.15, 0.2) is 18.2 Å². The van der Waals surface area contributed by atoms with Crippen LogP contribution in [0.5, 0.6) is 0 Å². The van der Waals surface area contributed by atoms with Crippen molar-refractivity contribution < 1.29 is 0 Å². The number of fused-ring (bicyclic) bond motifs is 1. The maximum absolute atomic E-state index is 4.86. The van der Waals surface area contributed by atoms with E-state index in [9.17, 15) is 0 Å². The molecule has 0 aliphatic rings. The molecule has 0 radical (unpaired) electrons. The number of nitrogens with one attached hydrogen (secondary N) is 1. The molecule has 0 fully saturated rings. The van der Waals surface area contributed by atoms with Gasteiger partial charge in [-0.1, -0.05) is 32.4 Å². The van der Waals surface area contributed by atoms with Crippen molar-refractivity contribution in [3.05, 3.63) is 34.9 Å². The van der Waals surface area contributed by atoms with Crippen molar-refractivity contribution in [2.24, 2.45) is 0 Å². The highest BCUT2D eigenvalue weighted by Gasteiger charge is 2.20. The summed E-state index contributed by atoms with van der Waals surface area (Å²) in [6.45, 7) is 14.0. The summed E-state index contributed by atoms with van der Waals surface area (Å²) in [7, 11) is 0. The maximum atomic E-state index is 4.86. The summed E-state index contributed by atoms with van der Waals surface area (Å²) in [5.74, 6) is 1.02. The molecule has 0 saturated heterocycles. The zero-order valence-electron chi connectivity index (χ0n) is 12.9. The van der Waals surface area contributed by atoms with Crippen LogP contribution in [0, 0.1) is 13.8 Å². The van der Waals surface area contributed by atoms with Crippen LogP contribution < -0.4 is 5.32 Å². The Morgan fingerprint density at radius 3 is 2.37 bits per heavy atom. The second-order valence-corrected chi connectivity index (χ2v) is 6.32. The molecule has 0 unspecified atom stereocenters. The van der Waals surface area contributed by atoms with Crippen LogP contribution in [-0.2, 0) is 5.41 Å². The first-order chi connectivity index (χ1) is 8.82. The molecule has 1 N–H and O–H groups in total. The average molecular weight is 256 g/mol. The van der Waals surface area contributed by atoms with Gasteiger partial charge < -0.3 is 5.32 Å². The molecule has 2 heteroatoms. The van der Waals surface area contributed by atoms with Gasteiger partial charge in [0, 0.05) is 17.5 Å². The highest BCUT2D eigenvalue weighted by atomic mass is 15.0. The monoisotopic (exact) mass is 256 g/mol. The van der Waals surface area contributed by atoms with Crippen LogP contribution in [0.25, 0.3) is 10.9 Å². The van der Waals surface area contributed by atoms with Crippen molar-refractivity contribution in [2.75, 3.05) is 11.9 Å². The SMILES string of the molecule is CCNc1nc2c(C)cc(C)cc2cc1C(C)(C)C. The van der Waals surface area contributed by atoms with E-state index in [0.717, 1.165) is 17.9 Å². The molecular weight excluding hydrogens is 232 g/mol. The van der Waals surface area contributed by atoms with Crippen molar-refractivity contribution in [3.8, 4) is 0 Å². The summed E-state index contributed by atoms with van der Waals surface area (Å²) in [6.07, 6.45) is 0. The molecule has 0 saturated carbocycles. The fourth-order valence-corrected chi connectivity index (χ4v) is 2.53. The van der Waals surface area contributed by atoms with Crippen LogP contribution in [0.1, 0.15) is 44.4 Å². The van der Waals surface area contributed by atoms with E-state index in [1.807, 2.05) is 0 Å². The lowest BCUT2D eigenvalue weighted by atomic mass is 9.86. The first kappa shape index (κ1) is 13.9. The predicted molar refractivity (Wildman–Crippen MR) is 84.1 cm³/mol. The molecule has 19 heavy (non-hydrogen) atoms. The molecule has 2 aromatic rings. The molecule has 0 spiro atoms. The second kappa shape index (κ2) is 4.84. The maximum Gasteiger partial charge on any atom is 0.130 e. The molecule has 1 heterocycles. The number of hydrogen-bond acceptors (Lipinski definition) is 2. The Kier molecular flexibility index (Phi) is 3.53. The molecule has 2 nitrogen and oxygen atoms in total. The van der Waals surface area contributed by atoms with Gasteiger partial charge >= 0.3 is 0 Å². The molecular formula is C17H24N2. The Morgan fingerprint density at radius 2 is 1.79 bits per heavy atom. The lowest BCUT2D eigenvalue weighted by Crippen LogP contribution is -2.16. The minimum Gasteiger partial charge on any atom is -0.370 e. The standard InChI is InChI=1S/C17H24N2/c1-7-18-16-14(17(4,5)6)10-13-9-11(2)8-12(3)15(13)19-16/h8-10H,7H2,1-6H3,(H,18,19). The zero-order valence-corrected chi connectivity index (χ0v) is 12.9. The van der Waals surface area contributed by atoms with Gasteiger partial charge in [-0.2, -0.15) is 0 Å². The van der Waals surface area contributed by atoms with E-state index in [0.29, 0.717) is 0 Å². The van der Waals surface area contributed by atoms with Crippen LogP contribution in [0.3, 0.4) is 0 Å². The molecule has 102 valence electrons. The molecule has 0 aliphatic heterocycles. The van der Waals surface area contributed by atoms with E-state index in [4.69, 9.17) is 4.98 Å². The number of anilines is 1. The fraction of sp³-hybridized carbons (Fsp3) is 0.471. The Labute approximate surface area is 116 Å². The van der Waals surface area contributed by atoms with Crippen molar-refractivity contribution in [1.29, 1.82) is 0 Å². The third-order valence-electron chi connectivity index (χ3n) is 3.41. The quantitative estimate of drug-likeness (QED) is 0.850. The second-order valence-electron chi connectivity index (χ2n) is 6.32. The topological polar surface area (TPSA) is 24.9 Å². The van der Waals surface area contributed by atoms with E-state index in [1.165, 1.54) is 22.1 Å². The van der Waals surface area contributed by atoms with Gasteiger partial charge in [-0.25, -0.2) is 4.98 Å². The van der Waals surface area contributed by atoms with Crippen molar-refractivity contribution in [3.63, 3.8) is 0 Å². The Bertz CT molecular complexity index is 607. The summed E-state index contributed by atoms with van der Waals surface area (Å²) in [5.41, 5.74) is 5.02. The highest BCUT2D eigenvalue weighted by molar-refractivity contribution is 5.85. The third kappa shape index (κ3) is 2.73. The van der Waals surface area contributed by atoms with Gasteiger partial charge in [0.2, 0.25) is 0 Å². The predicted octanol–water partition coefficient (Wildman–Crippen LogP) is 4.58. The lowest BCUT2D eigenvalue weighted by molar-refractivity contribution is 0.590. The normalized spacial score (nSPS) is 11.9. The van der Waals surface area contributed by atoms with E-state index in [1.54, 1.807) is 0 Å². The summed E-state index contributed by atoms with van der Waals surface area (Å²) < 4.78 is 0. The van der Waals surface area contributed by atoms with Gasteiger partial charge in [-0.3, -0.25) is 0 Å². The van der Waals surface area contributed by atoms with E-state index >= 15 is 0 Å². The number of aromatic nitrogens is 1. The van der Waals surface area contributed by atoms with Crippen LogP contribution >= 0.6 is 0 Å². The van der Waals surface area contributed by atoms with Gasteiger partial charge in [0.1, 0.15) is 5.82 Å². The van der Waals surface area contributed by atoms with Gasteiger partial charge in [0.05, 0.1) is 5.52 Å². The first-order valence-corrected chi connectivity index (χ1v) is 6.99. The van der Waals surface area contributed by atoms with Gasteiger partial charge in [-0.05, 0) is 43.9 Å². The number of pyridine rings is 1. The number of hydrogen-bond donors (Lipinski definition) is 1. The molecule has 1 aromatic carbocycles. The largest absolute Gasteiger partial charge is 0.370 e. The summed E-state index contributed by atoms with van der Waals surface area (Å²) in [4.78, 5) is 4.86. The molecule has 0 amide bonds. The zero-order chi connectivity index (χ0) is 14.2. The van der Waals surface area contributed by atoms with Crippen molar-refractivity contribution in [2.45, 2.75) is 47.0 Å². The number of aryl methyl sites for hydroxylation is 2. The van der Waals surface area contributed by atoms with E-state index < -0.39 is 0 Å². The van der Waals surface area contributed by atoms with Crippen LogP contribution in [0.2, 0.25) is 0 Å². The molecule has 2 rings (SSSR count). The Morgan fingerprint density at radius 1 is 1.11 bits per heavy atom. The smallest absolute Gasteiger partial charge is 0.130 e. The minimum absolute atomic E-state index is 0.0936. The average Bonchev–Trinajstić information content (AvgIpc) is 2.28. The fourth-order valence-electron chi connectivity index (χ4n) is 2.53. The minimum atomic E-state index is 0.0936. The Balaban J connectivity index is 2.76. The number of nitrogens with zero attached hydrogens (tertiary/aromatic N) is 1. The molecule has 1 aromatic heterocycles. The summed E-state index contributed by atoms with van der Waals surface area (Å²) in [5, 5.41) is 4.65. The van der Waals surface area contributed by atoms with E-state index in [-0.39, 0.29) is 5.41 Å². The van der Waals surface area contributed by atoms with Crippen LogP contribution in [0.4, 0.5) is 5.82 Å². The van der Waals surface area contributed by atoms with Gasteiger partial charge in [-0.15, -0.1) is 0 Å². The third-order valence-corrected chi connectivity index (χ3v) is 3.41. The van der Waals surface area contributed by atoms with Crippen molar-refractivity contribution >= 4 is 16.7 Å². The van der Waals surface area contributed by atoms with E-state index in [2.05, 4.69) is 65.1 Å². The van der Waals surface area contributed by atoms with Crippen molar-refractivity contribution in [1.82, 2.24) is 4.98 Å². The van der Waals surface area contributed by atoms with Gasteiger partial charge in [0.25, 0.3) is 0 Å². The Hall–Kier alpha value is -1.57. The summed E-state index contributed by atoms with van der Waals surface area (Å²) in [6, 6.07) is 6.71.